The Balaban J connectivity index is 2.18. The van der Waals surface area contributed by atoms with Gasteiger partial charge in [-0.15, -0.1) is 0 Å². The lowest BCUT2D eigenvalue weighted by Gasteiger charge is -2.21. The van der Waals surface area contributed by atoms with Crippen LogP contribution in [0, 0.1) is 13.8 Å². The van der Waals surface area contributed by atoms with Crippen molar-refractivity contribution in [2.75, 3.05) is 39.3 Å². The van der Waals surface area contributed by atoms with Gasteiger partial charge < -0.3 is 10.6 Å². The number of hydrogen-bond acceptors (Lipinski definition) is 5. The molecule has 0 aromatic carbocycles. The minimum absolute atomic E-state index is 0.324. The quantitative estimate of drug-likeness (QED) is 0.795. The van der Waals surface area contributed by atoms with Crippen LogP contribution in [0.5, 0.6) is 0 Å². The highest BCUT2D eigenvalue weighted by Gasteiger charge is 2.30. The van der Waals surface area contributed by atoms with Gasteiger partial charge in [-0.25, -0.2) is 8.42 Å². The summed E-state index contributed by atoms with van der Waals surface area (Å²) < 4.78 is 27.0. The molecule has 0 radical (unpaired) electrons. The zero-order valence-corrected chi connectivity index (χ0v) is 12.9. The Bertz CT molecular complexity index is 535. The molecule has 8 heteroatoms. The molecule has 0 bridgehead atoms. The summed E-state index contributed by atoms with van der Waals surface area (Å²) in [6.45, 7) is 7.56. The number of nitrogens with one attached hydrogen (secondary N) is 1. The third-order valence-electron chi connectivity index (χ3n) is 3.65. The van der Waals surface area contributed by atoms with Crippen molar-refractivity contribution < 1.29 is 8.42 Å². The van der Waals surface area contributed by atoms with E-state index in [1.54, 1.807) is 18.2 Å². The van der Waals surface area contributed by atoms with E-state index in [1.807, 2.05) is 0 Å². The van der Waals surface area contributed by atoms with Gasteiger partial charge in [0.1, 0.15) is 4.90 Å². The van der Waals surface area contributed by atoms with Crippen LogP contribution in [-0.2, 0) is 10.0 Å². The highest BCUT2D eigenvalue weighted by atomic mass is 32.2. The van der Waals surface area contributed by atoms with E-state index >= 15 is 0 Å². The normalized spacial score (nSPS) is 19.1. The van der Waals surface area contributed by atoms with E-state index in [-0.39, 0.29) is 0 Å². The molecule has 0 unspecified atom stereocenters. The van der Waals surface area contributed by atoms with Gasteiger partial charge in [0.25, 0.3) is 0 Å². The molecule has 2 rings (SSSR count). The van der Waals surface area contributed by atoms with Crippen LogP contribution in [0.1, 0.15) is 17.8 Å². The van der Waals surface area contributed by atoms with Crippen LogP contribution < -0.4 is 5.73 Å². The van der Waals surface area contributed by atoms with Crippen LogP contribution in [0.2, 0.25) is 0 Å². The van der Waals surface area contributed by atoms with E-state index in [9.17, 15) is 8.42 Å². The van der Waals surface area contributed by atoms with Crippen molar-refractivity contribution in [2.45, 2.75) is 25.2 Å². The summed E-state index contributed by atoms with van der Waals surface area (Å²) in [6.07, 6.45) is 0.829. The summed E-state index contributed by atoms with van der Waals surface area (Å²) >= 11 is 0. The van der Waals surface area contributed by atoms with E-state index in [1.165, 1.54) is 0 Å². The number of aryl methyl sites for hydroxylation is 2. The minimum atomic E-state index is -3.46. The molecule has 1 aliphatic rings. The summed E-state index contributed by atoms with van der Waals surface area (Å²) in [5.41, 5.74) is 6.70. The molecule has 1 aromatic rings. The molecule has 0 amide bonds. The van der Waals surface area contributed by atoms with Gasteiger partial charge in [-0.05, 0) is 26.8 Å². The standard InChI is InChI=1S/C12H23N5O2S/c1-10-12(11(2)15-14-10)20(18,19)17-6-3-5-16(7-4-13)8-9-17/h3-9,13H2,1-2H3,(H,14,15). The number of hydrogen-bond donors (Lipinski definition) is 2. The molecule has 0 spiro atoms. The molecule has 20 heavy (non-hydrogen) atoms. The smallest absolute Gasteiger partial charge is 0.246 e. The summed E-state index contributed by atoms with van der Waals surface area (Å²) in [5.74, 6) is 0. The maximum Gasteiger partial charge on any atom is 0.246 e. The van der Waals surface area contributed by atoms with Crippen molar-refractivity contribution in [1.82, 2.24) is 19.4 Å². The molecule has 3 N–H and O–H groups in total. The SMILES string of the molecule is Cc1n[nH]c(C)c1S(=O)(=O)N1CCCN(CCN)CC1. The monoisotopic (exact) mass is 301 g/mol. The Kier molecular flexibility index (Phi) is 4.79. The summed E-state index contributed by atoms with van der Waals surface area (Å²) in [6, 6.07) is 0. The largest absolute Gasteiger partial charge is 0.329 e. The average Bonchev–Trinajstić information content (AvgIpc) is 2.62. The first-order chi connectivity index (χ1) is 9.46. The first kappa shape index (κ1) is 15.4. The fourth-order valence-corrected chi connectivity index (χ4v) is 4.44. The first-order valence-electron chi connectivity index (χ1n) is 6.91. The van der Waals surface area contributed by atoms with Gasteiger partial charge >= 0.3 is 0 Å². The number of rotatable bonds is 4. The van der Waals surface area contributed by atoms with Crippen molar-refractivity contribution in [3.8, 4) is 0 Å². The van der Waals surface area contributed by atoms with Crippen molar-refractivity contribution in [1.29, 1.82) is 0 Å². The van der Waals surface area contributed by atoms with Gasteiger partial charge in [0.15, 0.2) is 0 Å². The van der Waals surface area contributed by atoms with Gasteiger partial charge in [-0.1, -0.05) is 0 Å². The van der Waals surface area contributed by atoms with Gasteiger partial charge in [0.05, 0.1) is 11.4 Å². The maximum absolute atomic E-state index is 12.7. The van der Waals surface area contributed by atoms with Crippen LogP contribution in [0.15, 0.2) is 4.90 Å². The molecule has 2 heterocycles. The second-order valence-corrected chi connectivity index (χ2v) is 7.03. The predicted molar refractivity (Wildman–Crippen MR) is 76.9 cm³/mol. The number of aromatic nitrogens is 2. The fraction of sp³-hybridized carbons (Fsp3) is 0.750. The molecule has 0 aliphatic carbocycles. The summed E-state index contributed by atoms with van der Waals surface area (Å²) in [5, 5.41) is 6.73. The third-order valence-corrected chi connectivity index (χ3v) is 5.81. The van der Waals surface area contributed by atoms with Crippen molar-refractivity contribution in [3.05, 3.63) is 11.4 Å². The van der Waals surface area contributed by atoms with Crippen LogP contribution in [0.25, 0.3) is 0 Å². The second-order valence-electron chi connectivity index (χ2n) is 5.15. The van der Waals surface area contributed by atoms with Crippen LogP contribution in [-0.4, -0.2) is 67.1 Å². The van der Waals surface area contributed by atoms with Crippen LogP contribution in [0.4, 0.5) is 0 Å². The molecule has 114 valence electrons. The summed E-state index contributed by atoms with van der Waals surface area (Å²) in [4.78, 5) is 2.54. The minimum Gasteiger partial charge on any atom is -0.329 e. The molecule has 1 aromatic heterocycles. The molecule has 1 aliphatic heterocycles. The molecule has 0 atom stereocenters. The number of nitrogens with two attached hydrogens (primary N) is 1. The lowest BCUT2D eigenvalue weighted by Crippen LogP contribution is -2.36. The molecular weight excluding hydrogens is 278 g/mol. The number of sulfonamides is 1. The van der Waals surface area contributed by atoms with E-state index < -0.39 is 10.0 Å². The van der Waals surface area contributed by atoms with Crippen molar-refractivity contribution >= 4 is 10.0 Å². The maximum atomic E-state index is 12.7. The first-order valence-corrected chi connectivity index (χ1v) is 8.35. The zero-order valence-electron chi connectivity index (χ0n) is 12.1. The number of aromatic amines is 1. The van der Waals surface area contributed by atoms with Crippen molar-refractivity contribution in [2.24, 2.45) is 5.73 Å². The van der Waals surface area contributed by atoms with Gasteiger partial charge in [0.2, 0.25) is 10.0 Å². The van der Waals surface area contributed by atoms with Gasteiger partial charge in [-0.3, -0.25) is 5.10 Å². The molecular formula is C12H23N5O2S. The van der Waals surface area contributed by atoms with Crippen molar-refractivity contribution in [3.63, 3.8) is 0 Å². The Morgan fingerprint density at radius 3 is 2.60 bits per heavy atom. The van der Waals surface area contributed by atoms with Gasteiger partial charge in [-0.2, -0.15) is 9.40 Å². The number of H-pyrrole nitrogens is 1. The molecule has 1 saturated heterocycles. The van der Waals surface area contributed by atoms with E-state index in [2.05, 4.69) is 15.1 Å². The lowest BCUT2D eigenvalue weighted by molar-refractivity contribution is 0.294. The Labute approximate surface area is 120 Å². The van der Waals surface area contributed by atoms with E-state index in [0.717, 1.165) is 26.1 Å². The lowest BCUT2D eigenvalue weighted by atomic mass is 10.4. The predicted octanol–water partition coefficient (Wildman–Crippen LogP) is -0.318. The molecule has 0 saturated carbocycles. The van der Waals surface area contributed by atoms with Crippen LogP contribution in [0.3, 0.4) is 0 Å². The Morgan fingerprint density at radius 2 is 2.00 bits per heavy atom. The van der Waals surface area contributed by atoms with E-state index in [4.69, 9.17) is 5.73 Å². The summed E-state index contributed by atoms with van der Waals surface area (Å²) in [7, 11) is -3.46. The Hall–Kier alpha value is -0.960. The zero-order chi connectivity index (χ0) is 14.8. The van der Waals surface area contributed by atoms with E-state index in [0.29, 0.717) is 35.9 Å². The van der Waals surface area contributed by atoms with Crippen LogP contribution >= 0.6 is 0 Å². The number of nitrogens with zero attached hydrogens (tertiary/aromatic N) is 3. The molecule has 1 fully saturated rings. The average molecular weight is 301 g/mol. The third kappa shape index (κ3) is 3.03. The molecule has 7 nitrogen and oxygen atoms in total. The Morgan fingerprint density at radius 1 is 1.25 bits per heavy atom. The fourth-order valence-electron chi connectivity index (χ4n) is 2.64. The highest BCUT2D eigenvalue weighted by Crippen LogP contribution is 2.22. The van der Waals surface area contributed by atoms with Gasteiger partial charge in [0, 0.05) is 32.7 Å². The topological polar surface area (TPSA) is 95.3 Å². The highest BCUT2D eigenvalue weighted by molar-refractivity contribution is 7.89. The second kappa shape index (κ2) is 6.21.